The molecule has 3 fully saturated rings. The fourth-order valence-corrected chi connectivity index (χ4v) is 7.55. The van der Waals surface area contributed by atoms with Gasteiger partial charge in [0, 0.05) is 18.5 Å². The van der Waals surface area contributed by atoms with Gasteiger partial charge in [0.1, 0.15) is 11.6 Å². The summed E-state index contributed by atoms with van der Waals surface area (Å²) in [6.07, 6.45) is -0.373. The van der Waals surface area contributed by atoms with Crippen molar-refractivity contribution in [2.24, 2.45) is 17.3 Å². The van der Waals surface area contributed by atoms with E-state index in [4.69, 9.17) is 0 Å². The van der Waals surface area contributed by atoms with Gasteiger partial charge in [-0.05, 0) is 105 Å². The number of alkyl halides is 3. The summed E-state index contributed by atoms with van der Waals surface area (Å²) in [5.74, 6) is -3.31. The molecule has 234 valence electrons. The van der Waals surface area contributed by atoms with E-state index in [9.17, 15) is 40.0 Å². The van der Waals surface area contributed by atoms with Gasteiger partial charge in [0.25, 0.3) is 0 Å². The molecular formula is C30H34F5N3O4S. The molecule has 1 saturated heterocycles. The van der Waals surface area contributed by atoms with Gasteiger partial charge in [0.15, 0.2) is 0 Å². The van der Waals surface area contributed by atoms with Gasteiger partial charge in [-0.2, -0.15) is 13.2 Å². The summed E-state index contributed by atoms with van der Waals surface area (Å²) < 4.78 is 92.2. The Morgan fingerprint density at radius 3 is 2.30 bits per heavy atom. The van der Waals surface area contributed by atoms with Crippen LogP contribution in [0.1, 0.15) is 61.1 Å². The van der Waals surface area contributed by atoms with E-state index in [1.807, 2.05) is 4.72 Å². The van der Waals surface area contributed by atoms with Gasteiger partial charge in [-0.3, -0.25) is 14.3 Å². The van der Waals surface area contributed by atoms with E-state index in [-0.39, 0.29) is 29.9 Å². The Labute approximate surface area is 247 Å². The molecule has 1 heterocycles. The van der Waals surface area contributed by atoms with Crippen LogP contribution in [0.4, 0.5) is 22.0 Å². The normalized spacial score (nSPS) is 26.7. The van der Waals surface area contributed by atoms with Crippen molar-refractivity contribution in [3.8, 4) is 0 Å². The molecular weight excluding hydrogens is 593 g/mol. The van der Waals surface area contributed by atoms with E-state index in [0.29, 0.717) is 31.7 Å². The van der Waals surface area contributed by atoms with Crippen LogP contribution >= 0.6 is 0 Å². The third kappa shape index (κ3) is 7.19. The Hall–Kier alpha value is -3.06. The second-order valence-electron chi connectivity index (χ2n) is 12.1. The Kier molecular flexibility index (Phi) is 8.60. The van der Waals surface area contributed by atoms with Gasteiger partial charge in [0.05, 0.1) is 17.2 Å². The summed E-state index contributed by atoms with van der Waals surface area (Å²) in [6.45, 7) is 1.19. The number of amides is 2. The molecule has 7 nitrogen and oxygen atoms in total. The first kappa shape index (κ1) is 31.4. The number of carbonyl (C=O) groups excluding carboxylic acids is 2. The van der Waals surface area contributed by atoms with Crippen molar-refractivity contribution in [1.82, 2.24) is 14.9 Å². The van der Waals surface area contributed by atoms with Crippen molar-refractivity contribution in [3.05, 3.63) is 70.8 Å². The van der Waals surface area contributed by atoms with Gasteiger partial charge in [-0.25, -0.2) is 17.2 Å². The van der Waals surface area contributed by atoms with Crippen LogP contribution in [0.25, 0.3) is 0 Å². The average Bonchev–Trinajstić information content (AvgIpc) is 3.62. The molecule has 2 aromatic carbocycles. The minimum absolute atomic E-state index is 0.0186. The van der Waals surface area contributed by atoms with E-state index >= 15 is 0 Å². The molecule has 0 bridgehead atoms. The highest BCUT2D eigenvalue weighted by Gasteiger charge is 2.62. The predicted octanol–water partition coefficient (Wildman–Crippen LogP) is 4.73. The van der Waals surface area contributed by atoms with Crippen molar-refractivity contribution >= 4 is 21.8 Å². The van der Waals surface area contributed by atoms with Crippen molar-refractivity contribution in [2.45, 2.75) is 63.2 Å². The Balaban J connectivity index is 1.30. The van der Waals surface area contributed by atoms with Crippen LogP contribution in [0, 0.1) is 28.9 Å². The molecule has 2 aromatic rings. The van der Waals surface area contributed by atoms with Crippen molar-refractivity contribution in [3.63, 3.8) is 0 Å². The molecule has 2 N–H and O–H groups in total. The summed E-state index contributed by atoms with van der Waals surface area (Å²) in [5, 5.41) is 2.70. The molecule has 1 aliphatic heterocycles. The molecule has 4 unspecified atom stereocenters. The number of likely N-dealkylation sites (tertiary alicyclic amines) is 1. The highest BCUT2D eigenvalue weighted by atomic mass is 32.2. The van der Waals surface area contributed by atoms with Gasteiger partial charge >= 0.3 is 6.18 Å². The number of halogens is 5. The Morgan fingerprint density at radius 1 is 1.00 bits per heavy atom. The van der Waals surface area contributed by atoms with Crippen LogP contribution in [0.2, 0.25) is 0 Å². The van der Waals surface area contributed by atoms with Crippen molar-refractivity contribution in [1.29, 1.82) is 0 Å². The molecule has 4 atom stereocenters. The number of sulfonamides is 1. The van der Waals surface area contributed by atoms with E-state index in [2.05, 4.69) is 10.2 Å². The SMILES string of the molecule is CS(=O)(=O)NC(=O)C1CC1C1(C(=O)NCc2cc(F)cc(C(F)(F)F)c2)CCC(N2CCC(c3ccc(F)cc3)CC2)C1. The summed E-state index contributed by atoms with van der Waals surface area (Å²) >= 11 is 0. The third-order valence-corrected chi connectivity index (χ3v) is 9.80. The van der Waals surface area contributed by atoms with E-state index < -0.39 is 56.6 Å². The van der Waals surface area contributed by atoms with E-state index in [1.165, 1.54) is 12.1 Å². The highest BCUT2D eigenvalue weighted by molar-refractivity contribution is 7.89. The first-order valence-electron chi connectivity index (χ1n) is 14.3. The second-order valence-corrected chi connectivity index (χ2v) is 13.9. The molecule has 3 aliphatic rings. The zero-order valence-electron chi connectivity index (χ0n) is 23.6. The largest absolute Gasteiger partial charge is 0.416 e. The number of nitrogens with zero attached hydrogens (tertiary/aromatic N) is 1. The minimum atomic E-state index is -4.75. The van der Waals surface area contributed by atoms with Gasteiger partial charge in [0.2, 0.25) is 21.8 Å². The van der Waals surface area contributed by atoms with Gasteiger partial charge < -0.3 is 10.2 Å². The lowest BCUT2D eigenvalue weighted by atomic mass is 9.78. The molecule has 2 amide bonds. The predicted molar refractivity (Wildman–Crippen MR) is 148 cm³/mol. The number of hydrogen-bond donors (Lipinski definition) is 2. The van der Waals surface area contributed by atoms with Crippen LogP contribution in [0.3, 0.4) is 0 Å². The third-order valence-electron chi connectivity index (χ3n) is 9.22. The maximum Gasteiger partial charge on any atom is 0.416 e. The molecule has 13 heteroatoms. The summed E-state index contributed by atoms with van der Waals surface area (Å²) in [7, 11) is -3.80. The van der Waals surface area contributed by atoms with Crippen LogP contribution in [0.15, 0.2) is 42.5 Å². The number of piperidine rings is 1. The monoisotopic (exact) mass is 627 g/mol. The topological polar surface area (TPSA) is 95.6 Å². The smallest absolute Gasteiger partial charge is 0.352 e. The first-order chi connectivity index (χ1) is 20.1. The maximum atomic E-state index is 14.0. The van der Waals surface area contributed by atoms with Crippen LogP contribution in [-0.4, -0.2) is 50.5 Å². The lowest BCUT2D eigenvalue weighted by molar-refractivity contribution is -0.137. The molecule has 2 aliphatic carbocycles. The van der Waals surface area contributed by atoms with Crippen LogP contribution in [0.5, 0.6) is 0 Å². The van der Waals surface area contributed by atoms with Crippen LogP contribution < -0.4 is 10.0 Å². The zero-order valence-corrected chi connectivity index (χ0v) is 24.4. The van der Waals surface area contributed by atoms with E-state index in [0.717, 1.165) is 49.9 Å². The summed E-state index contributed by atoms with van der Waals surface area (Å²) in [4.78, 5) is 28.8. The number of hydrogen-bond acceptors (Lipinski definition) is 5. The van der Waals surface area contributed by atoms with Crippen molar-refractivity contribution < 1.29 is 40.0 Å². The van der Waals surface area contributed by atoms with Crippen molar-refractivity contribution in [2.75, 3.05) is 19.3 Å². The lowest BCUT2D eigenvalue weighted by Crippen LogP contribution is -2.45. The highest BCUT2D eigenvalue weighted by Crippen LogP contribution is 2.59. The fourth-order valence-electron chi connectivity index (χ4n) is 7.03. The van der Waals surface area contributed by atoms with Gasteiger partial charge in [-0.1, -0.05) is 12.1 Å². The second kappa shape index (κ2) is 11.8. The zero-order chi connectivity index (χ0) is 31.2. The first-order valence-corrected chi connectivity index (χ1v) is 16.2. The molecule has 2 saturated carbocycles. The standard InChI is InChI=1S/C30H34F5N3O4S/c1-43(41,42)37-27(39)25-15-26(25)29(28(40)36-17-18-12-21(30(33,34)35)14-23(32)13-18)9-6-24(16-29)38-10-7-20(8-11-38)19-2-4-22(31)5-3-19/h2-5,12-14,20,24-26H,6-11,15-17H2,1H3,(H,36,40)(H,37,39). The molecule has 0 aromatic heterocycles. The summed E-state index contributed by atoms with van der Waals surface area (Å²) in [5.41, 5.74) is -1.16. The molecule has 43 heavy (non-hydrogen) atoms. The van der Waals surface area contributed by atoms with E-state index in [1.54, 1.807) is 12.1 Å². The quantitative estimate of drug-likeness (QED) is 0.413. The Bertz CT molecular complexity index is 1480. The van der Waals surface area contributed by atoms with Crippen LogP contribution in [-0.2, 0) is 32.3 Å². The molecule has 5 rings (SSSR count). The molecule has 0 radical (unpaired) electrons. The Morgan fingerprint density at radius 2 is 1.67 bits per heavy atom. The average molecular weight is 628 g/mol. The number of benzene rings is 2. The summed E-state index contributed by atoms with van der Waals surface area (Å²) in [6, 6.07) is 8.63. The van der Waals surface area contributed by atoms with Gasteiger partial charge in [-0.15, -0.1) is 0 Å². The minimum Gasteiger partial charge on any atom is -0.352 e. The number of rotatable bonds is 8. The molecule has 0 spiro atoms. The number of carbonyl (C=O) groups is 2. The lowest BCUT2D eigenvalue weighted by Gasteiger charge is -2.37. The maximum absolute atomic E-state index is 14.0. The number of nitrogens with one attached hydrogen (secondary N) is 2. The fraction of sp³-hybridized carbons (Fsp3) is 0.533.